The lowest BCUT2D eigenvalue weighted by Gasteiger charge is -2.22. The van der Waals surface area contributed by atoms with E-state index in [4.69, 9.17) is 5.11 Å². The first kappa shape index (κ1) is 15.9. The van der Waals surface area contributed by atoms with E-state index in [-0.39, 0.29) is 24.6 Å². The second-order valence-corrected chi connectivity index (χ2v) is 6.70. The molecule has 7 heteroatoms. The molecule has 0 unspecified atom stereocenters. The Kier molecular flexibility index (Phi) is 6.15. The minimum absolute atomic E-state index is 0.136. The van der Waals surface area contributed by atoms with E-state index in [2.05, 4.69) is 0 Å². The highest BCUT2D eigenvalue weighted by molar-refractivity contribution is 7.90. The fourth-order valence-corrected chi connectivity index (χ4v) is 1.83. The Labute approximate surface area is 102 Å². The van der Waals surface area contributed by atoms with Gasteiger partial charge in [-0.15, -0.1) is 0 Å². The van der Waals surface area contributed by atoms with Gasteiger partial charge in [-0.2, -0.15) is 0 Å². The molecule has 0 saturated heterocycles. The molecule has 0 bridgehead atoms. The lowest BCUT2D eigenvalue weighted by atomic mass is 10.2. The van der Waals surface area contributed by atoms with Crippen molar-refractivity contribution < 1.29 is 23.1 Å². The summed E-state index contributed by atoms with van der Waals surface area (Å²) in [5.74, 6) is -1.65. The maximum absolute atomic E-state index is 11.7. The summed E-state index contributed by atoms with van der Waals surface area (Å²) in [6.07, 6.45) is 0.878. The summed E-state index contributed by atoms with van der Waals surface area (Å²) in [7, 11) is -3.20. The monoisotopic (exact) mass is 265 g/mol. The number of aliphatic carboxylic acids is 1. The molecule has 6 nitrogen and oxygen atoms in total. The van der Waals surface area contributed by atoms with Gasteiger partial charge in [-0.3, -0.25) is 9.59 Å². The van der Waals surface area contributed by atoms with Crippen LogP contribution in [0.4, 0.5) is 0 Å². The van der Waals surface area contributed by atoms with Crippen molar-refractivity contribution in [2.45, 2.75) is 20.3 Å². The smallest absolute Gasteiger partial charge is 0.323 e. The number of carbonyl (C=O) groups is 2. The van der Waals surface area contributed by atoms with Crippen LogP contribution in [-0.4, -0.2) is 55.4 Å². The number of amides is 1. The second kappa shape index (κ2) is 6.58. The van der Waals surface area contributed by atoms with Gasteiger partial charge in [-0.25, -0.2) is 8.42 Å². The van der Waals surface area contributed by atoms with Gasteiger partial charge >= 0.3 is 5.97 Å². The Hall–Kier alpha value is -1.11. The summed E-state index contributed by atoms with van der Waals surface area (Å²) in [5, 5.41) is 8.66. The van der Waals surface area contributed by atoms with E-state index < -0.39 is 21.7 Å². The highest BCUT2D eigenvalue weighted by Crippen LogP contribution is 2.03. The zero-order chi connectivity index (χ0) is 13.6. The number of carboxylic acids is 1. The fraction of sp³-hybridized carbons (Fsp3) is 0.800. The number of carboxylic acid groups (broad SMARTS) is 1. The van der Waals surface area contributed by atoms with Gasteiger partial charge in [0.25, 0.3) is 0 Å². The Morgan fingerprint density at radius 1 is 1.29 bits per heavy atom. The zero-order valence-corrected chi connectivity index (χ0v) is 11.2. The molecule has 0 radical (unpaired) electrons. The van der Waals surface area contributed by atoms with E-state index >= 15 is 0 Å². The molecule has 0 aromatic rings. The van der Waals surface area contributed by atoms with Crippen LogP contribution in [-0.2, 0) is 19.4 Å². The van der Waals surface area contributed by atoms with E-state index in [1.54, 1.807) is 0 Å². The average Bonchev–Trinajstić information content (AvgIpc) is 2.10. The fourth-order valence-electron chi connectivity index (χ4n) is 1.29. The topological polar surface area (TPSA) is 91.8 Å². The SMILES string of the molecule is CC(C)CN(CC(=O)O)C(=O)CCS(C)(=O)=O. The van der Waals surface area contributed by atoms with Gasteiger partial charge in [0.05, 0.1) is 5.75 Å². The van der Waals surface area contributed by atoms with Crippen molar-refractivity contribution >= 4 is 21.7 Å². The largest absolute Gasteiger partial charge is 0.480 e. The van der Waals surface area contributed by atoms with Crippen LogP contribution < -0.4 is 0 Å². The molecule has 0 atom stereocenters. The van der Waals surface area contributed by atoms with Crippen LogP contribution in [0.5, 0.6) is 0 Å². The molecule has 0 aliphatic carbocycles. The van der Waals surface area contributed by atoms with Crippen LogP contribution in [0.3, 0.4) is 0 Å². The molecule has 1 amide bonds. The molecule has 0 spiro atoms. The summed E-state index contributed by atoms with van der Waals surface area (Å²) in [5.41, 5.74) is 0. The second-order valence-electron chi connectivity index (χ2n) is 4.44. The van der Waals surface area contributed by atoms with E-state index in [0.29, 0.717) is 6.54 Å². The van der Waals surface area contributed by atoms with Gasteiger partial charge in [0.2, 0.25) is 5.91 Å². The minimum atomic E-state index is -3.20. The zero-order valence-electron chi connectivity index (χ0n) is 10.3. The number of nitrogens with zero attached hydrogens (tertiary/aromatic N) is 1. The quantitative estimate of drug-likeness (QED) is 0.699. The highest BCUT2D eigenvalue weighted by Gasteiger charge is 2.19. The molecular formula is C10H19NO5S. The van der Waals surface area contributed by atoms with Gasteiger partial charge in [0, 0.05) is 19.2 Å². The number of sulfone groups is 1. The molecule has 0 aliphatic heterocycles. The van der Waals surface area contributed by atoms with Crippen LogP contribution in [0, 0.1) is 5.92 Å². The summed E-state index contributed by atoms with van der Waals surface area (Å²) in [4.78, 5) is 23.4. The van der Waals surface area contributed by atoms with Crippen LogP contribution in [0.15, 0.2) is 0 Å². The van der Waals surface area contributed by atoms with E-state index in [9.17, 15) is 18.0 Å². The maximum Gasteiger partial charge on any atom is 0.323 e. The Morgan fingerprint density at radius 2 is 1.82 bits per heavy atom. The van der Waals surface area contributed by atoms with Crippen LogP contribution in [0.25, 0.3) is 0 Å². The predicted molar refractivity (Wildman–Crippen MR) is 63.4 cm³/mol. The lowest BCUT2D eigenvalue weighted by molar-refractivity contribution is -0.144. The molecule has 0 saturated carbocycles. The van der Waals surface area contributed by atoms with E-state index in [1.165, 1.54) is 4.90 Å². The predicted octanol–water partition coefficient (Wildman–Crippen LogP) is -0.00970. The molecule has 0 rings (SSSR count). The first-order valence-corrected chi connectivity index (χ1v) is 7.35. The highest BCUT2D eigenvalue weighted by atomic mass is 32.2. The summed E-state index contributed by atoms with van der Waals surface area (Å²) < 4.78 is 21.8. The number of rotatable bonds is 7. The molecule has 0 aliphatic rings. The first-order valence-electron chi connectivity index (χ1n) is 5.29. The number of hydrogen-bond donors (Lipinski definition) is 1. The van der Waals surface area contributed by atoms with E-state index in [0.717, 1.165) is 6.26 Å². The van der Waals surface area contributed by atoms with Gasteiger partial charge < -0.3 is 10.0 Å². The number of carbonyl (C=O) groups excluding carboxylic acids is 1. The third-order valence-electron chi connectivity index (χ3n) is 1.95. The van der Waals surface area contributed by atoms with Crippen LogP contribution in [0.2, 0.25) is 0 Å². The van der Waals surface area contributed by atoms with Gasteiger partial charge in [0.1, 0.15) is 16.4 Å². The van der Waals surface area contributed by atoms with E-state index in [1.807, 2.05) is 13.8 Å². The van der Waals surface area contributed by atoms with Crippen molar-refractivity contribution in [3.63, 3.8) is 0 Å². The molecule has 1 N–H and O–H groups in total. The summed E-state index contributed by atoms with van der Waals surface area (Å²) >= 11 is 0. The minimum Gasteiger partial charge on any atom is -0.480 e. The average molecular weight is 265 g/mol. The summed E-state index contributed by atoms with van der Waals surface area (Å²) in [6.45, 7) is 3.65. The Morgan fingerprint density at radius 3 is 2.18 bits per heavy atom. The Bertz CT molecular complexity index is 374. The van der Waals surface area contributed by atoms with Gasteiger partial charge in [-0.1, -0.05) is 13.8 Å². The molecule has 17 heavy (non-hydrogen) atoms. The maximum atomic E-state index is 11.7. The molecule has 0 aromatic heterocycles. The van der Waals surface area contributed by atoms with Crippen LogP contribution >= 0.6 is 0 Å². The lowest BCUT2D eigenvalue weighted by Crippen LogP contribution is -2.38. The molecular weight excluding hydrogens is 246 g/mol. The van der Waals surface area contributed by atoms with Crippen molar-refractivity contribution in [2.24, 2.45) is 5.92 Å². The van der Waals surface area contributed by atoms with Crippen LogP contribution in [0.1, 0.15) is 20.3 Å². The van der Waals surface area contributed by atoms with Crippen molar-refractivity contribution in [1.29, 1.82) is 0 Å². The molecule has 0 fully saturated rings. The van der Waals surface area contributed by atoms with Crippen molar-refractivity contribution in [2.75, 3.05) is 25.1 Å². The van der Waals surface area contributed by atoms with Crippen molar-refractivity contribution in [3.05, 3.63) is 0 Å². The van der Waals surface area contributed by atoms with Crippen molar-refractivity contribution in [3.8, 4) is 0 Å². The molecule has 0 heterocycles. The standard InChI is InChI=1S/C10H19NO5S/c1-8(2)6-11(7-10(13)14)9(12)4-5-17(3,15)16/h8H,4-7H2,1-3H3,(H,13,14). The summed E-state index contributed by atoms with van der Waals surface area (Å²) in [6, 6.07) is 0. The molecule has 0 aromatic carbocycles. The van der Waals surface area contributed by atoms with Crippen molar-refractivity contribution in [1.82, 2.24) is 4.90 Å². The third kappa shape index (κ3) is 8.67. The first-order chi connectivity index (χ1) is 7.61. The van der Waals surface area contributed by atoms with Gasteiger partial charge in [0.15, 0.2) is 0 Å². The third-order valence-corrected chi connectivity index (χ3v) is 2.90. The molecule has 100 valence electrons. The Balaban J connectivity index is 4.47. The number of hydrogen-bond acceptors (Lipinski definition) is 4. The van der Waals surface area contributed by atoms with Gasteiger partial charge in [-0.05, 0) is 5.92 Å². The normalized spacial score (nSPS) is 11.5.